The van der Waals surface area contributed by atoms with Crippen LogP contribution >= 0.6 is 0 Å². The molecule has 1 aliphatic rings. The molecule has 1 amide bonds. The highest BCUT2D eigenvalue weighted by atomic mass is 19.4. The quantitative estimate of drug-likeness (QED) is 0.614. The molecular formula is C23H29F3N4O. The number of carbonyl (C=O) groups is 1. The monoisotopic (exact) mass is 434 g/mol. The number of halogens is 3. The van der Waals surface area contributed by atoms with Crippen molar-refractivity contribution < 1.29 is 18.0 Å². The highest BCUT2D eigenvalue weighted by molar-refractivity contribution is 5.79. The Labute approximate surface area is 181 Å². The van der Waals surface area contributed by atoms with E-state index in [1.807, 2.05) is 9.80 Å². The molecule has 168 valence electrons. The van der Waals surface area contributed by atoms with Crippen LogP contribution in [0.1, 0.15) is 45.1 Å². The smallest absolute Gasteiger partial charge is 0.339 e. The van der Waals surface area contributed by atoms with E-state index in [4.69, 9.17) is 0 Å². The van der Waals surface area contributed by atoms with Gasteiger partial charge >= 0.3 is 6.18 Å². The fourth-order valence-electron chi connectivity index (χ4n) is 3.85. The average molecular weight is 435 g/mol. The summed E-state index contributed by atoms with van der Waals surface area (Å²) in [6.07, 6.45) is 1.07. The van der Waals surface area contributed by atoms with E-state index in [1.54, 1.807) is 18.3 Å². The zero-order valence-corrected chi connectivity index (χ0v) is 18.0. The number of hydrogen-bond acceptors (Lipinski definition) is 4. The van der Waals surface area contributed by atoms with Gasteiger partial charge in [0.15, 0.2) is 0 Å². The summed E-state index contributed by atoms with van der Waals surface area (Å²) >= 11 is 0. The van der Waals surface area contributed by atoms with Gasteiger partial charge in [0.1, 0.15) is 0 Å². The van der Waals surface area contributed by atoms with Crippen LogP contribution in [0.15, 0.2) is 36.5 Å². The summed E-state index contributed by atoms with van der Waals surface area (Å²) in [6, 6.07) is 6.75. The van der Waals surface area contributed by atoms with Crippen molar-refractivity contribution in [3.8, 4) is 11.3 Å². The topological polar surface area (TPSA) is 49.3 Å². The van der Waals surface area contributed by atoms with Crippen molar-refractivity contribution in [3.63, 3.8) is 0 Å². The molecule has 0 aliphatic carbocycles. The molecule has 2 heterocycles. The fraction of sp³-hybridized carbons (Fsp3) is 0.522. The van der Waals surface area contributed by atoms with Gasteiger partial charge in [-0.15, -0.1) is 0 Å². The van der Waals surface area contributed by atoms with Crippen LogP contribution in [-0.2, 0) is 11.0 Å². The van der Waals surface area contributed by atoms with Crippen molar-refractivity contribution in [1.82, 2.24) is 14.9 Å². The number of alkyl halides is 3. The minimum absolute atomic E-state index is 0.0759. The summed E-state index contributed by atoms with van der Waals surface area (Å²) in [5.41, 5.74) is 0.139. The van der Waals surface area contributed by atoms with E-state index in [0.717, 1.165) is 37.8 Å². The Morgan fingerprint density at radius 3 is 2.52 bits per heavy atom. The third kappa shape index (κ3) is 5.74. The molecule has 0 saturated carbocycles. The van der Waals surface area contributed by atoms with Crippen LogP contribution in [0.5, 0.6) is 0 Å². The molecule has 1 fully saturated rings. The summed E-state index contributed by atoms with van der Waals surface area (Å²) < 4.78 is 39.1. The summed E-state index contributed by atoms with van der Waals surface area (Å²) in [5, 5.41) is 0. The first-order valence-electron chi connectivity index (χ1n) is 10.9. The number of nitrogens with zero attached hydrogens (tertiary/aromatic N) is 4. The Kier molecular flexibility index (Phi) is 7.51. The van der Waals surface area contributed by atoms with Gasteiger partial charge in [0.25, 0.3) is 0 Å². The molecule has 5 nitrogen and oxygen atoms in total. The highest BCUT2D eigenvalue weighted by Gasteiger charge is 2.31. The summed E-state index contributed by atoms with van der Waals surface area (Å²) in [5.74, 6) is 0.765. The number of aromatic nitrogens is 2. The third-order valence-electron chi connectivity index (χ3n) is 5.75. The van der Waals surface area contributed by atoms with Crippen LogP contribution in [0.2, 0.25) is 0 Å². The van der Waals surface area contributed by atoms with Gasteiger partial charge in [-0.25, -0.2) is 9.97 Å². The normalized spacial score (nSPS) is 15.8. The van der Waals surface area contributed by atoms with E-state index in [9.17, 15) is 18.0 Å². The maximum atomic E-state index is 13.0. The van der Waals surface area contributed by atoms with Crippen molar-refractivity contribution in [2.75, 3.05) is 31.1 Å². The zero-order valence-electron chi connectivity index (χ0n) is 18.0. The molecule has 1 saturated heterocycles. The minimum atomic E-state index is -4.40. The van der Waals surface area contributed by atoms with Crippen LogP contribution < -0.4 is 4.90 Å². The lowest BCUT2D eigenvalue weighted by atomic mass is 9.97. The maximum Gasteiger partial charge on any atom is 0.416 e. The van der Waals surface area contributed by atoms with Crippen molar-refractivity contribution >= 4 is 11.9 Å². The van der Waals surface area contributed by atoms with Crippen molar-refractivity contribution in [2.24, 2.45) is 5.92 Å². The lowest BCUT2D eigenvalue weighted by Gasteiger charge is -2.36. The lowest BCUT2D eigenvalue weighted by molar-refractivity contribution is -0.137. The Bertz CT molecular complexity index is 879. The number of unbranched alkanes of at least 4 members (excludes halogenated alkanes) is 1. The SMILES string of the molecule is CCCCC(CC)C(=O)N1CCN(c2nccc(-c3cccc(C(F)(F)F)c3)n2)CC1. The molecule has 1 unspecified atom stereocenters. The second-order valence-corrected chi connectivity index (χ2v) is 7.88. The van der Waals surface area contributed by atoms with Gasteiger partial charge in [-0.2, -0.15) is 13.2 Å². The number of anilines is 1. The number of carbonyl (C=O) groups excluding carboxylic acids is 1. The van der Waals surface area contributed by atoms with E-state index < -0.39 is 11.7 Å². The second kappa shape index (κ2) is 10.1. The molecule has 8 heteroatoms. The fourth-order valence-corrected chi connectivity index (χ4v) is 3.85. The first-order chi connectivity index (χ1) is 14.8. The van der Waals surface area contributed by atoms with Crippen LogP contribution in [0, 0.1) is 5.92 Å². The molecule has 0 N–H and O–H groups in total. The Morgan fingerprint density at radius 2 is 1.87 bits per heavy atom. The lowest BCUT2D eigenvalue weighted by Crippen LogP contribution is -2.50. The third-order valence-corrected chi connectivity index (χ3v) is 5.75. The molecular weight excluding hydrogens is 405 g/mol. The van der Waals surface area contributed by atoms with Crippen LogP contribution in [-0.4, -0.2) is 47.0 Å². The van der Waals surface area contributed by atoms with E-state index in [0.29, 0.717) is 43.4 Å². The number of benzene rings is 1. The second-order valence-electron chi connectivity index (χ2n) is 7.88. The van der Waals surface area contributed by atoms with E-state index >= 15 is 0 Å². The molecule has 1 aromatic heterocycles. The minimum Gasteiger partial charge on any atom is -0.339 e. The molecule has 1 aliphatic heterocycles. The average Bonchev–Trinajstić information content (AvgIpc) is 2.79. The number of amides is 1. The first kappa shape index (κ1) is 23.0. The number of hydrogen-bond donors (Lipinski definition) is 0. The molecule has 1 atom stereocenters. The first-order valence-corrected chi connectivity index (χ1v) is 10.9. The molecule has 2 aromatic rings. The largest absolute Gasteiger partial charge is 0.416 e. The van der Waals surface area contributed by atoms with Crippen LogP contribution in [0.25, 0.3) is 11.3 Å². The van der Waals surface area contributed by atoms with Gasteiger partial charge in [-0.05, 0) is 31.0 Å². The maximum absolute atomic E-state index is 13.0. The highest BCUT2D eigenvalue weighted by Crippen LogP contribution is 2.32. The Balaban J connectivity index is 1.68. The molecule has 1 aromatic carbocycles. The summed E-state index contributed by atoms with van der Waals surface area (Å²) in [7, 11) is 0. The molecule has 31 heavy (non-hydrogen) atoms. The summed E-state index contributed by atoms with van der Waals surface area (Å²) in [6.45, 7) is 6.58. The Morgan fingerprint density at radius 1 is 1.13 bits per heavy atom. The number of piperazine rings is 1. The van der Waals surface area contributed by atoms with Crippen molar-refractivity contribution in [3.05, 3.63) is 42.1 Å². The standard InChI is InChI=1S/C23H29F3N4O/c1-3-5-7-17(4-2)21(31)29-12-14-30(15-13-29)22-27-11-10-20(28-22)18-8-6-9-19(16-18)23(24,25)26/h6,8-11,16-17H,3-5,7,12-15H2,1-2H3. The van der Waals surface area contributed by atoms with Gasteiger partial charge in [0.05, 0.1) is 11.3 Å². The van der Waals surface area contributed by atoms with E-state index in [2.05, 4.69) is 23.8 Å². The molecule has 0 radical (unpaired) electrons. The van der Waals surface area contributed by atoms with Gasteiger partial charge in [-0.3, -0.25) is 4.79 Å². The van der Waals surface area contributed by atoms with Gasteiger partial charge in [0, 0.05) is 43.9 Å². The zero-order chi connectivity index (χ0) is 22.4. The molecule has 0 bridgehead atoms. The van der Waals surface area contributed by atoms with Gasteiger partial charge < -0.3 is 9.80 Å². The van der Waals surface area contributed by atoms with E-state index in [-0.39, 0.29) is 11.8 Å². The van der Waals surface area contributed by atoms with E-state index in [1.165, 1.54) is 6.07 Å². The van der Waals surface area contributed by atoms with Gasteiger partial charge in [-0.1, -0.05) is 38.8 Å². The number of rotatable bonds is 7. The summed E-state index contributed by atoms with van der Waals surface area (Å²) in [4.78, 5) is 25.5. The van der Waals surface area contributed by atoms with Gasteiger partial charge in [0.2, 0.25) is 11.9 Å². The Hall–Kier alpha value is -2.64. The predicted octanol–water partition coefficient (Wildman–Crippen LogP) is 5.03. The van der Waals surface area contributed by atoms with Crippen molar-refractivity contribution in [2.45, 2.75) is 45.7 Å². The van der Waals surface area contributed by atoms with Crippen LogP contribution in [0.3, 0.4) is 0 Å². The molecule has 0 spiro atoms. The predicted molar refractivity (Wildman–Crippen MR) is 115 cm³/mol. The van der Waals surface area contributed by atoms with Crippen molar-refractivity contribution in [1.29, 1.82) is 0 Å². The molecule has 3 rings (SSSR count). The van der Waals surface area contributed by atoms with Crippen LogP contribution in [0.4, 0.5) is 19.1 Å².